The van der Waals surface area contributed by atoms with E-state index in [9.17, 15) is 0 Å². The number of hydrogen-bond donors (Lipinski definition) is 0. The van der Waals surface area contributed by atoms with Gasteiger partial charge in [0.2, 0.25) is 0 Å². The molecule has 0 atom stereocenters. The predicted molar refractivity (Wildman–Crippen MR) is 300 cm³/mol. The summed E-state index contributed by atoms with van der Waals surface area (Å²) in [7, 11) is 0. The minimum atomic E-state index is 0.581. The van der Waals surface area contributed by atoms with Crippen molar-refractivity contribution in [3.8, 4) is 123 Å². The van der Waals surface area contributed by atoms with Gasteiger partial charge in [0.25, 0.3) is 0 Å². The molecule has 0 unspecified atom stereocenters. The zero-order valence-corrected chi connectivity index (χ0v) is 39.5. The first-order valence-electron chi connectivity index (χ1n) is 24.4. The lowest BCUT2D eigenvalue weighted by molar-refractivity contribution is 1.07. The van der Waals surface area contributed by atoms with Crippen molar-refractivity contribution in [1.29, 1.82) is 0 Å². The van der Waals surface area contributed by atoms with Crippen LogP contribution < -0.4 is 0 Å². The quantitative estimate of drug-likeness (QED) is 0.130. The van der Waals surface area contributed by atoms with Crippen molar-refractivity contribution in [1.82, 2.24) is 15.0 Å². The van der Waals surface area contributed by atoms with Gasteiger partial charge < -0.3 is 0 Å². The highest BCUT2D eigenvalue weighted by Gasteiger charge is 2.25. The molecule has 0 saturated heterocycles. The Labute approximate surface area is 421 Å². The van der Waals surface area contributed by atoms with Gasteiger partial charge in [-0.15, -0.1) is 0 Å². The van der Waals surface area contributed by atoms with E-state index in [2.05, 4.69) is 273 Å². The van der Waals surface area contributed by atoms with Crippen molar-refractivity contribution in [3.63, 3.8) is 0 Å². The molecule has 1 heterocycles. The van der Waals surface area contributed by atoms with Gasteiger partial charge in [0.1, 0.15) is 0 Å². The van der Waals surface area contributed by atoms with Crippen molar-refractivity contribution in [2.45, 2.75) is 0 Å². The lowest BCUT2D eigenvalue weighted by atomic mass is 9.78. The van der Waals surface area contributed by atoms with E-state index in [1.807, 2.05) is 12.1 Å². The molecule has 3 heteroatoms. The van der Waals surface area contributed by atoms with Crippen LogP contribution in [0.4, 0.5) is 0 Å². The standard InChI is InChI=1S/C69H47N3/c1-8-24-48(25-9-1)55-38-22-40-57(42-55)67-70-68(58-41-23-39-56(43-58)49-26-10-2-11-27-49)72-69(71-67)61-45-59(50-28-12-3-13-29-50)44-60(46-61)63-47-62(51-30-14-4-15-31-51)64(52-32-16-5-17-33-52)66(54-36-20-7-21-37-54)65(63)53-34-18-6-19-35-53/h1-47H. The van der Waals surface area contributed by atoms with Crippen LogP contribution in [0.5, 0.6) is 0 Å². The Morgan fingerprint density at radius 3 is 0.833 bits per heavy atom. The van der Waals surface area contributed by atoms with Crippen molar-refractivity contribution in [2.75, 3.05) is 0 Å². The molecule has 338 valence electrons. The molecule has 0 bridgehead atoms. The van der Waals surface area contributed by atoms with Gasteiger partial charge in [-0.05, 0) is 125 Å². The van der Waals surface area contributed by atoms with Crippen LogP contribution in [0, 0.1) is 0 Å². The molecule has 12 aromatic rings. The number of nitrogens with zero attached hydrogens (tertiary/aromatic N) is 3. The molecule has 11 aromatic carbocycles. The molecule has 0 radical (unpaired) electrons. The van der Waals surface area contributed by atoms with Crippen LogP contribution in [0.1, 0.15) is 0 Å². The molecule has 0 saturated carbocycles. The van der Waals surface area contributed by atoms with E-state index in [0.29, 0.717) is 17.5 Å². The van der Waals surface area contributed by atoms with Gasteiger partial charge >= 0.3 is 0 Å². The number of rotatable bonds is 11. The molecule has 0 aliphatic carbocycles. The number of aromatic nitrogens is 3. The molecule has 3 nitrogen and oxygen atoms in total. The first-order chi connectivity index (χ1) is 35.7. The molecule has 0 N–H and O–H groups in total. The largest absolute Gasteiger partial charge is 0.208 e. The van der Waals surface area contributed by atoms with Gasteiger partial charge in [0, 0.05) is 16.7 Å². The van der Waals surface area contributed by atoms with E-state index in [1.54, 1.807) is 0 Å². The molecule has 0 amide bonds. The third kappa shape index (κ3) is 8.95. The lowest BCUT2D eigenvalue weighted by Crippen LogP contribution is -2.01. The highest BCUT2D eigenvalue weighted by Crippen LogP contribution is 2.51. The van der Waals surface area contributed by atoms with E-state index in [0.717, 1.165) is 100 Å². The van der Waals surface area contributed by atoms with E-state index in [-0.39, 0.29) is 0 Å². The molecule has 0 aliphatic heterocycles. The third-order valence-corrected chi connectivity index (χ3v) is 13.3. The van der Waals surface area contributed by atoms with Crippen LogP contribution in [0.15, 0.2) is 285 Å². The van der Waals surface area contributed by atoms with E-state index in [4.69, 9.17) is 15.0 Å². The summed E-state index contributed by atoms with van der Waals surface area (Å²) >= 11 is 0. The maximum Gasteiger partial charge on any atom is 0.164 e. The fourth-order valence-corrected chi connectivity index (χ4v) is 9.87. The minimum Gasteiger partial charge on any atom is -0.208 e. The first kappa shape index (κ1) is 43.7. The summed E-state index contributed by atoms with van der Waals surface area (Å²) < 4.78 is 0. The summed E-state index contributed by atoms with van der Waals surface area (Å²) in [5, 5.41) is 0. The van der Waals surface area contributed by atoms with Crippen molar-refractivity contribution < 1.29 is 0 Å². The van der Waals surface area contributed by atoms with E-state index >= 15 is 0 Å². The lowest BCUT2D eigenvalue weighted by Gasteiger charge is -2.25. The van der Waals surface area contributed by atoms with Crippen LogP contribution in [0.25, 0.3) is 123 Å². The van der Waals surface area contributed by atoms with Crippen molar-refractivity contribution in [3.05, 3.63) is 285 Å². The van der Waals surface area contributed by atoms with Gasteiger partial charge in [0.15, 0.2) is 17.5 Å². The first-order valence-corrected chi connectivity index (χ1v) is 24.4. The Morgan fingerprint density at radius 1 is 0.153 bits per heavy atom. The minimum absolute atomic E-state index is 0.581. The molecule has 0 aliphatic rings. The third-order valence-electron chi connectivity index (χ3n) is 13.3. The summed E-state index contributed by atoms with van der Waals surface area (Å²) in [4.78, 5) is 16.1. The monoisotopic (exact) mass is 917 g/mol. The summed E-state index contributed by atoms with van der Waals surface area (Å²) in [5.41, 5.74) is 20.6. The second-order valence-corrected chi connectivity index (χ2v) is 17.9. The second kappa shape index (κ2) is 19.8. The second-order valence-electron chi connectivity index (χ2n) is 17.9. The average Bonchev–Trinajstić information content (AvgIpc) is 3.48. The highest BCUT2D eigenvalue weighted by molar-refractivity contribution is 6.08. The van der Waals surface area contributed by atoms with Crippen molar-refractivity contribution in [2.24, 2.45) is 0 Å². The summed E-state index contributed by atoms with van der Waals surface area (Å²) in [6, 6.07) is 101. The fraction of sp³-hybridized carbons (Fsp3) is 0. The van der Waals surface area contributed by atoms with Gasteiger partial charge in [-0.3, -0.25) is 0 Å². The Bertz CT molecular complexity index is 3700. The SMILES string of the molecule is c1ccc(-c2cccc(-c3nc(-c4cccc(-c5ccccc5)c4)nc(-c4cc(-c5ccccc5)cc(-c5cc(-c6ccccc6)c(-c6ccccc6)c(-c6ccccc6)c5-c5ccccc5)c4)n3)c2)cc1. The molecule has 72 heavy (non-hydrogen) atoms. The molecule has 1 aromatic heterocycles. The summed E-state index contributed by atoms with van der Waals surface area (Å²) in [6.45, 7) is 0. The molecule has 0 spiro atoms. The zero-order valence-electron chi connectivity index (χ0n) is 39.5. The topological polar surface area (TPSA) is 38.7 Å². The highest BCUT2D eigenvalue weighted by atomic mass is 15.0. The number of hydrogen-bond acceptors (Lipinski definition) is 3. The maximum atomic E-state index is 5.43. The summed E-state index contributed by atoms with van der Waals surface area (Å²) in [5.74, 6) is 1.77. The van der Waals surface area contributed by atoms with Gasteiger partial charge in [-0.1, -0.05) is 249 Å². The molecule has 12 rings (SSSR count). The van der Waals surface area contributed by atoms with Crippen LogP contribution >= 0.6 is 0 Å². The molecular weight excluding hydrogens is 871 g/mol. The van der Waals surface area contributed by atoms with Crippen LogP contribution in [0.2, 0.25) is 0 Å². The summed E-state index contributed by atoms with van der Waals surface area (Å²) in [6.07, 6.45) is 0. The van der Waals surface area contributed by atoms with Gasteiger partial charge in [-0.25, -0.2) is 15.0 Å². The van der Waals surface area contributed by atoms with Gasteiger partial charge in [0.05, 0.1) is 0 Å². The van der Waals surface area contributed by atoms with Crippen molar-refractivity contribution >= 4 is 0 Å². The Hall–Kier alpha value is -9.57. The Morgan fingerprint density at radius 2 is 0.417 bits per heavy atom. The Balaban J connectivity index is 1.16. The normalized spacial score (nSPS) is 11.1. The van der Waals surface area contributed by atoms with Crippen LogP contribution in [-0.4, -0.2) is 15.0 Å². The van der Waals surface area contributed by atoms with Gasteiger partial charge in [-0.2, -0.15) is 0 Å². The van der Waals surface area contributed by atoms with E-state index < -0.39 is 0 Å². The molecular formula is C69H47N3. The van der Waals surface area contributed by atoms with E-state index in [1.165, 1.54) is 5.56 Å². The smallest absolute Gasteiger partial charge is 0.164 e. The maximum absolute atomic E-state index is 5.43. The van der Waals surface area contributed by atoms with Crippen LogP contribution in [0.3, 0.4) is 0 Å². The van der Waals surface area contributed by atoms with Crippen LogP contribution in [-0.2, 0) is 0 Å². The predicted octanol–water partition coefficient (Wildman–Crippen LogP) is 18.2. The average molecular weight is 918 g/mol. The fourth-order valence-electron chi connectivity index (χ4n) is 9.87. The molecule has 0 fully saturated rings. The Kier molecular flexibility index (Phi) is 12.0. The zero-order chi connectivity index (χ0) is 48.1. The number of benzene rings is 11.